The van der Waals surface area contributed by atoms with E-state index in [1.807, 2.05) is 0 Å². The monoisotopic (exact) mass is 296 g/mol. The molecule has 0 saturated heterocycles. The smallest absolute Gasteiger partial charge is 0.139 e. The molecule has 3 nitrogen and oxygen atoms in total. The lowest BCUT2D eigenvalue weighted by atomic mass is 9.83. The molecule has 20 heavy (non-hydrogen) atoms. The molecule has 0 aliphatic heterocycles. The van der Waals surface area contributed by atoms with Crippen molar-refractivity contribution in [1.82, 2.24) is 4.98 Å². The van der Waals surface area contributed by atoms with Crippen LogP contribution in [-0.2, 0) is 16.6 Å². The van der Waals surface area contributed by atoms with Crippen LogP contribution in [0.2, 0.25) is 0 Å². The lowest BCUT2D eigenvalue weighted by Crippen LogP contribution is -2.19. The SMILES string of the molecule is CC(C)(CCN)CCC(=O)Cc1nc(C(C)(C)C)cs1. The molecule has 1 aromatic rings. The molecule has 1 rings (SSSR count). The molecule has 0 unspecified atom stereocenters. The van der Waals surface area contributed by atoms with E-state index in [2.05, 4.69) is 45.0 Å². The third-order valence-corrected chi connectivity index (χ3v) is 4.42. The second-order valence-electron chi connectivity index (χ2n) is 7.29. The van der Waals surface area contributed by atoms with Crippen molar-refractivity contribution in [3.8, 4) is 0 Å². The highest BCUT2D eigenvalue weighted by atomic mass is 32.1. The fourth-order valence-electron chi connectivity index (χ4n) is 1.99. The van der Waals surface area contributed by atoms with Crippen molar-refractivity contribution in [3.05, 3.63) is 16.1 Å². The van der Waals surface area contributed by atoms with Crippen molar-refractivity contribution in [1.29, 1.82) is 0 Å². The van der Waals surface area contributed by atoms with Gasteiger partial charge in [-0.1, -0.05) is 34.6 Å². The van der Waals surface area contributed by atoms with Crippen molar-refractivity contribution in [2.75, 3.05) is 6.54 Å². The van der Waals surface area contributed by atoms with Crippen LogP contribution in [0.1, 0.15) is 64.6 Å². The van der Waals surface area contributed by atoms with Gasteiger partial charge in [0.05, 0.1) is 12.1 Å². The van der Waals surface area contributed by atoms with Gasteiger partial charge in [-0.2, -0.15) is 0 Å². The van der Waals surface area contributed by atoms with Gasteiger partial charge in [-0.15, -0.1) is 11.3 Å². The standard InChI is InChI=1S/C16H28N2OS/c1-15(2,3)13-11-20-14(18-13)10-12(19)6-7-16(4,5)8-9-17/h11H,6-10,17H2,1-5H3. The fourth-order valence-corrected chi connectivity index (χ4v) is 3.04. The van der Waals surface area contributed by atoms with Crippen LogP contribution in [0.3, 0.4) is 0 Å². The molecule has 2 N–H and O–H groups in total. The summed E-state index contributed by atoms with van der Waals surface area (Å²) in [5.41, 5.74) is 6.89. The predicted octanol–water partition coefficient (Wildman–Crippen LogP) is 3.71. The summed E-state index contributed by atoms with van der Waals surface area (Å²) >= 11 is 1.60. The molecular formula is C16H28N2OS. The molecular weight excluding hydrogens is 268 g/mol. The number of thiazole rings is 1. The maximum atomic E-state index is 12.1. The summed E-state index contributed by atoms with van der Waals surface area (Å²) in [7, 11) is 0. The van der Waals surface area contributed by atoms with Crippen LogP contribution >= 0.6 is 11.3 Å². The Morgan fingerprint density at radius 1 is 1.25 bits per heavy atom. The van der Waals surface area contributed by atoms with Gasteiger partial charge in [-0.3, -0.25) is 4.79 Å². The first-order valence-corrected chi connectivity index (χ1v) is 8.19. The van der Waals surface area contributed by atoms with Crippen LogP contribution in [0.4, 0.5) is 0 Å². The van der Waals surface area contributed by atoms with E-state index in [0.29, 0.717) is 19.4 Å². The van der Waals surface area contributed by atoms with E-state index in [1.165, 1.54) is 0 Å². The first-order chi connectivity index (χ1) is 9.14. The normalized spacial score (nSPS) is 12.7. The van der Waals surface area contributed by atoms with Crippen molar-refractivity contribution in [2.24, 2.45) is 11.1 Å². The molecule has 0 radical (unpaired) electrons. The zero-order valence-electron chi connectivity index (χ0n) is 13.5. The minimum absolute atomic E-state index is 0.0565. The van der Waals surface area contributed by atoms with Crippen LogP contribution in [0, 0.1) is 5.41 Å². The van der Waals surface area contributed by atoms with Gasteiger partial charge in [0.1, 0.15) is 10.8 Å². The van der Waals surface area contributed by atoms with Crippen LogP contribution in [0.15, 0.2) is 5.38 Å². The Morgan fingerprint density at radius 2 is 1.90 bits per heavy atom. The van der Waals surface area contributed by atoms with Crippen molar-refractivity contribution < 1.29 is 4.79 Å². The van der Waals surface area contributed by atoms with E-state index in [4.69, 9.17) is 5.73 Å². The van der Waals surface area contributed by atoms with Gasteiger partial charge in [-0.05, 0) is 24.8 Å². The van der Waals surface area contributed by atoms with E-state index in [-0.39, 0.29) is 16.6 Å². The molecule has 0 atom stereocenters. The molecule has 0 aliphatic carbocycles. The molecule has 0 amide bonds. The lowest BCUT2D eigenvalue weighted by Gasteiger charge is -2.23. The Balaban J connectivity index is 2.49. The molecule has 0 aliphatic rings. The molecule has 114 valence electrons. The highest BCUT2D eigenvalue weighted by molar-refractivity contribution is 7.09. The Bertz CT molecular complexity index is 444. The van der Waals surface area contributed by atoms with E-state index in [0.717, 1.165) is 23.5 Å². The maximum absolute atomic E-state index is 12.1. The number of aromatic nitrogens is 1. The highest BCUT2D eigenvalue weighted by Gasteiger charge is 2.20. The number of hydrogen-bond acceptors (Lipinski definition) is 4. The maximum Gasteiger partial charge on any atom is 0.139 e. The van der Waals surface area contributed by atoms with Gasteiger partial charge < -0.3 is 5.73 Å². The van der Waals surface area contributed by atoms with Crippen LogP contribution in [0.5, 0.6) is 0 Å². The zero-order chi connectivity index (χ0) is 15.4. The number of carbonyl (C=O) groups excluding carboxylic acids is 1. The summed E-state index contributed by atoms with van der Waals surface area (Å²) in [6, 6.07) is 0. The number of nitrogens with zero attached hydrogens (tertiary/aromatic N) is 1. The molecule has 1 heterocycles. The zero-order valence-corrected chi connectivity index (χ0v) is 14.3. The van der Waals surface area contributed by atoms with Gasteiger partial charge in [0.25, 0.3) is 0 Å². The van der Waals surface area contributed by atoms with Crippen molar-refractivity contribution in [2.45, 2.75) is 65.7 Å². The number of rotatable bonds is 7. The second-order valence-corrected chi connectivity index (χ2v) is 8.24. The molecule has 1 aromatic heterocycles. The summed E-state index contributed by atoms with van der Waals surface area (Å²) in [5.74, 6) is 0.282. The van der Waals surface area contributed by atoms with Crippen LogP contribution in [0.25, 0.3) is 0 Å². The topological polar surface area (TPSA) is 56.0 Å². The Kier molecular flexibility index (Phi) is 5.90. The van der Waals surface area contributed by atoms with Gasteiger partial charge in [0.15, 0.2) is 0 Å². The van der Waals surface area contributed by atoms with Crippen molar-refractivity contribution in [3.63, 3.8) is 0 Å². The Morgan fingerprint density at radius 3 is 2.40 bits per heavy atom. The molecule has 0 aromatic carbocycles. The number of carbonyl (C=O) groups is 1. The highest BCUT2D eigenvalue weighted by Crippen LogP contribution is 2.27. The summed E-state index contributed by atoms with van der Waals surface area (Å²) in [5, 5.41) is 3.01. The molecule has 4 heteroatoms. The summed E-state index contributed by atoms with van der Waals surface area (Å²) in [6.45, 7) is 11.5. The van der Waals surface area contributed by atoms with Crippen molar-refractivity contribution >= 4 is 17.1 Å². The largest absolute Gasteiger partial charge is 0.330 e. The van der Waals surface area contributed by atoms with Crippen LogP contribution < -0.4 is 5.73 Å². The van der Waals surface area contributed by atoms with Gasteiger partial charge in [-0.25, -0.2) is 4.98 Å². The minimum Gasteiger partial charge on any atom is -0.330 e. The molecule has 0 bridgehead atoms. The van der Waals surface area contributed by atoms with E-state index >= 15 is 0 Å². The summed E-state index contributed by atoms with van der Waals surface area (Å²) in [6.07, 6.45) is 2.96. The van der Waals surface area contributed by atoms with E-state index in [1.54, 1.807) is 11.3 Å². The summed E-state index contributed by atoms with van der Waals surface area (Å²) < 4.78 is 0. The van der Waals surface area contributed by atoms with Gasteiger partial charge >= 0.3 is 0 Å². The number of nitrogens with two attached hydrogens (primary N) is 1. The molecule has 0 fully saturated rings. The molecule has 0 saturated carbocycles. The Labute approximate surface area is 127 Å². The van der Waals surface area contributed by atoms with E-state index < -0.39 is 0 Å². The Hall–Kier alpha value is -0.740. The number of ketones is 1. The van der Waals surface area contributed by atoms with Crippen LogP contribution in [-0.4, -0.2) is 17.3 Å². The number of Topliss-reactive ketones (excluding diaryl/α,β-unsaturated/α-hetero) is 1. The quantitative estimate of drug-likeness (QED) is 0.834. The average molecular weight is 296 g/mol. The van der Waals surface area contributed by atoms with Gasteiger partial charge in [0, 0.05) is 17.2 Å². The first-order valence-electron chi connectivity index (χ1n) is 7.31. The number of hydrogen-bond donors (Lipinski definition) is 1. The minimum atomic E-state index is 0.0565. The lowest BCUT2D eigenvalue weighted by molar-refractivity contribution is -0.119. The third kappa shape index (κ3) is 5.71. The predicted molar refractivity (Wildman–Crippen MR) is 86.2 cm³/mol. The van der Waals surface area contributed by atoms with Gasteiger partial charge in [0.2, 0.25) is 0 Å². The summed E-state index contributed by atoms with van der Waals surface area (Å²) in [4.78, 5) is 16.6. The van der Waals surface area contributed by atoms with E-state index in [9.17, 15) is 4.79 Å². The third-order valence-electron chi connectivity index (χ3n) is 3.57. The molecule has 0 spiro atoms. The fraction of sp³-hybridized carbons (Fsp3) is 0.750. The average Bonchev–Trinajstić information content (AvgIpc) is 2.75. The first kappa shape index (κ1) is 17.3. The second kappa shape index (κ2) is 6.81.